The maximum atomic E-state index is 13.2. The zero-order valence-electron chi connectivity index (χ0n) is 15.9. The number of nitrogens with one attached hydrogen (secondary N) is 1. The Hall–Kier alpha value is -2.74. The van der Waals surface area contributed by atoms with Gasteiger partial charge in [0.2, 0.25) is 0 Å². The van der Waals surface area contributed by atoms with E-state index in [-0.39, 0.29) is 17.0 Å². The summed E-state index contributed by atoms with van der Waals surface area (Å²) in [5.74, 6) is 0.289. The first-order chi connectivity index (χ1) is 14.4. The minimum atomic E-state index is -4.52. The van der Waals surface area contributed by atoms with Crippen molar-refractivity contribution in [3.63, 3.8) is 0 Å². The van der Waals surface area contributed by atoms with E-state index in [0.717, 1.165) is 49.1 Å². The van der Waals surface area contributed by atoms with Crippen LogP contribution >= 0.6 is 11.8 Å². The number of carbonyl (C=O) groups is 1. The number of amidine groups is 1. The molecule has 1 aliphatic carbocycles. The summed E-state index contributed by atoms with van der Waals surface area (Å²) in [6, 6.07) is 12.4. The van der Waals surface area contributed by atoms with Crippen molar-refractivity contribution in [1.29, 1.82) is 0 Å². The number of rotatable bonds is 4. The van der Waals surface area contributed by atoms with Gasteiger partial charge in [0.15, 0.2) is 5.17 Å². The molecule has 0 spiro atoms. The topological polar surface area (TPSA) is 50.7 Å². The lowest BCUT2D eigenvalue weighted by Gasteiger charge is -2.15. The van der Waals surface area contributed by atoms with Crippen LogP contribution in [0.5, 0.6) is 5.75 Å². The summed E-state index contributed by atoms with van der Waals surface area (Å²) in [5, 5.41) is 2.65. The van der Waals surface area contributed by atoms with Gasteiger partial charge in [-0.05, 0) is 61.7 Å². The third-order valence-electron chi connectivity index (χ3n) is 4.88. The van der Waals surface area contributed by atoms with Gasteiger partial charge in [-0.25, -0.2) is 4.99 Å². The fourth-order valence-corrected chi connectivity index (χ4v) is 4.26. The van der Waals surface area contributed by atoms with Gasteiger partial charge in [0.1, 0.15) is 5.75 Å². The van der Waals surface area contributed by atoms with E-state index in [1.54, 1.807) is 6.08 Å². The van der Waals surface area contributed by atoms with E-state index in [4.69, 9.17) is 4.74 Å². The van der Waals surface area contributed by atoms with Crippen LogP contribution < -0.4 is 10.1 Å². The first-order valence-corrected chi connectivity index (χ1v) is 10.4. The van der Waals surface area contributed by atoms with Gasteiger partial charge < -0.3 is 10.1 Å². The summed E-state index contributed by atoms with van der Waals surface area (Å²) in [6.07, 6.45) is 1.64. The zero-order valence-corrected chi connectivity index (χ0v) is 16.7. The van der Waals surface area contributed by atoms with Crippen molar-refractivity contribution in [2.45, 2.75) is 38.0 Å². The van der Waals surface area contributed by atoms with Crippen LogP contribution in [0.2, 0.25) is 0 Å². The Labute approximate surface area is 176 Å². The Morgan fingerprint density at radius 1 is 1.07 bits per heavy atom. The van der Waals surface area contributed by atoms with Crippen LogP contribution in [-0.4, -0.2) is 17.2 Å². The van der Waals surface area contributed by atoms with Gasteiger partial charge in [0, 0.05) is 5.56 Å². The van der Waals surface area contributed by atoms with E-state index in [9.17, 15) is 18.0 Å². The van der Waals surface area contributed by atoms with Crippen molar-refractivity contribution in [1.82, 2.24) is 5.32 Å². The lowest BCUT2D eigenvalue weighted by atomic mass is 10.1. The standard InChI is InChI=1S/C22H19F3N2O2S/c23-22(24,25)16-10-4-5-11-17(16)26-21-27-20(28)19(30-21)13-14-7-1-6-12-18(14)29-15-8-2-3-9-15/h1,4-7,10-13,15H,2-3,8-9H2,(H,26,27,28). The second-order valence-corrected chi connectivity index (χ2v) is 8.09. The summed E-state index contributed by atoms with van der Waals surface area (Å²) < 4.78 is 45.6. The van der Waals surface area contributed by atoms with Gasteiger partial charge in [-0.1, -0.05) is 30.3 Å². The number of para-hydroxylation sites is 2. The van der Waals surface area contributed by atoms with Crippen LogP contribution in [0, 0.1) is 0 Å². The molecule has 4 nitrogen and oxygen atoms in total. The smallest absolute Gasteiger partial charge is 0.418 e. The highest BCUT2D eigenvalue weighted by atomic mass is 32.2. The molecule has 1 amide bonds. The number of nitrogens with zero attached hydrogens (tertiary/aromatic N) is 1. The highest BCUT2D eigenvalue weighted by Crippen LogP contribution is 2.38. The molecule has 0 radical (unpaired) electrons. The van der Waals surface area contributed by atoms with E-state index in [2.05, 4.69) is 10.3 Å². The number of aliphatic imine (C=N–C) groups is 1. The van der Waals surface area contributed by atoms with Crippen molar-refractivity contribution in [3.05, 3.63) is 64.6 Å². The zero-order chi connectivity index (χ0) is 21.1. The predicted octanol–water partition coefficient (Wildman–Crippen LogP) is 5.92. The number of halogens is 3. The van der Waals surface area contributed by atoms with Gasteiger partial charge in [0.05, 0.1) is 22.3 Å². The van der Waals surface area contributed by atoms with E-state index in [1.165, 1.54) is 18.2 Å². The molecule has 0 unspecified atom stereocenters. The largest absolute Gasteiger partial charge is 0.490 e. The summed E-state index contributed by atoms with van der Waals surface area (Å²) in [5.41, 5.74) is -0.335. The Kier molecular flexibility index (Phi) is 5.85. The molecule has 2 aromatic carbocycles. The molecule has 1 aliphatic heterocycles. The number of carbonyl (C=O) groups excluding carboxylic acids is 1. The predicted molar refractivity (Wildman–Crippen MR) is 112 cm³/mol. The minimum absolute atomic E-state index is 0.108. The molecule has 0 atom stereocenters. The minimum Gasteiger partial charge on any atom is -0.490 e. The Morgan fingerprint density at radius 2 is 1.77 bits per heavy atom. The molecule has 2 fully saturated rings. The molecule has 1 saturated carbocycles. The highest BCUT2D eigenvalue weighted by molar-refractivity contribution is 8.18. The normalized spacial score (nSPS) is 20.2. The second kappa shape index (κ2) is 8.55. The number of hydrogen-bond donors (Lipinski definition) is 1. The number of thioether (sulfide) groups is 1. The molecular formula is C22H19F3N2O2S. The van der Waals surface area contributed by atoms with E-state index < -0.39 is 17.6 Å². The lowest BCUT2D eigenvalue weighted by Crippen LogP contribution is -2.19. The van der Waals surface area contributed by atoms with E-state index in [0.29, 0.717) is 10.7 Å². The monoisotopic (exact) mass is 432 g/mol. The molecular weight excluding hydrogens is 413 g/mol. The molecule has 1 N–H and O–H groups in total. The summed E-state index contributed by atoms with van der Waals surface area (Å²) in [4.78, 5) is 16.7. The van der Waals surface area contributed by atoms with Crippen LogP contribution in [-0.2, 0) is 11.0 Å². The second-order valence-electron chi connectivity index (χ2n) is 7.06. The molecule has 4 rings (SSSR count). The Balaban J connectivity index is 1.58. The van der Waals surface area contributed by atoms with Gasteiger partial charge in [0.25, 0.3) is 5.91 Å². The number of benzene rings is 2. The van der Waals surface area contributed by atoms with Crippen molar-refractivity contribution < 1.29 is 22.7 Å². The highest BCUT2D eigenvalue weighted by Gasteiger charge is 2.34. The van der Waals surface area contributed by atoms with E-state index >= 15 is 0 Å². The third kappa shape index (κ3) is 4.70. The number of amides is 1. The van der Waals surface area contributed by atoms with Crippen molar-refractivity contribution in [3.8, 4) is 5.75 Å². The molecule has 156 valence electrons. The average molecular weight is 432 g/mol. The van der Waals surface area contributed by atoms with Crippen LogP contribution in [0.1, 0.15) is 36.8 Å². The van der Waals surface area contributed by atoms with E-state index in [1.807, 2.05) is 24.3 Å². The molecule has 0 bridgehead atoms. The van der Waals surface area contributed by atoms with Gasteiger partial charge in [-0.2, -0.15) is 13.2 Å². The van der Waals surface area contributed by atoms with Crippen LogP contribution in [0.25, 0.3) is 6.08 Å². The first-order valence-electron chi connectivity index (χ1n) is 9.61. The van der Waals surface area contributed by atoms with Gasteiger partial charge in [-0.15, -0.1) is 0 Å². The number of hydrogen-bond acceptors (Lipinski definition) is 4. The van der Waals surface area contributed by atoms with Crippen molar-refractivity contribution >= 4 is 34.6 Å². The summed E-state index contributed by atoms with van der Waals surface area (Å²) in [6.45, 7) is 0. The van der Waals surface area contributed by atoms with Gasteiger partial charge in [-0.3, -0.25) is 4.79 Å². The molecule has 30 heavy (non-hydrogen) atoms. The van der Waals surface area contributed by atoms with Crippen LogP contribution in [0.4, 0.5) is 18.9 Å². The fourth-order valence-electron chi connectivity index (χ4n) is 3.43. The lowest BCUT2D eigenvalue weighted by molar-refractivity contribution is -0.137. The first kappa shape index (κ1) is 20.5. The average Bonchev–Trinajstić information content (AvgIpc) is 3.33. The summed E-state index contributed by atoms with van der Waals surface area (Å²) in [7, 11) is 0. The number of alkyl halides is 3. The quantitative estimate of drug-likeness (QED) is 0.611. The Bertz CT molecular complexity index is 1010. The molecule has 2 aliphatic rings. The SMILES string of the molecule is O=C1NC(=Nc2ccccc2C(F)(F)F)SC1=Cc1ccccc1OC1CCCC1. The number of ether oxygens (including phenoxy) is 1. The Morgan fingerprint density at radius 3 is 2.53 bits per heavy atom. The molecule has 2 aromatic rings. The maximum Gasteiger partial charge on any atom is 0.418 e. The van der Waals surface area contributed by atoms with Gasteiger partial charge >= 0.3 is 6.18 Å². The molecule has 1 saturated heterocycles. The molecule has 8 heteroatoms. The molecule has 1 heterocycles. The fraction of sp³-hybridized carbons (Fsp3) is 0.273. The van der Waals surface area contributed by atoms with Crippen molar-refractivity contribution in [2.75, 3.05) is 0 Å². The third-order valence-corrected chi connectivity index (χ3v) is 5.79. The van der Waals surface area contributed by atoms with Crippen molar-refractivity contribution in [2.24, 2.45) is 4.99 Å². The van der Waals surface area contributed by atoms with Crippen LogP contribution in [0.15, 0.2) is 58.4 Å². The van der Waals surface area contributed by atoms with Crippen LogP contribution in [0.3, 0.4) is 0 Å². The summed E-state index contributed by atoms with van der Waals surface area (Å²) >= 11 is 1.01. The molecule has 0 aromatic heterocycles. The maximum absolute atomic E-state index is 13.2.